The molecule has 1 saturated heterocycles. The minimum Gasteiger partial charge on any atom is -0.343 e. The molecule has 0 spiro atoms. The fraction of sp³-hybridized carbons (Fsp3) is 0.545. The van der Waals surface area contributed by atoms with Crippen LogP contribution in [-0.2, 0) is 9.59 Å². The number of benzene rings is 1. The van der Waals surface area contributed by atoms with E-state index < -0.39 is 0 Å². The zero-order chi connectivity index (χ0) is 19.1. The first-order chi connectivity index (χ1) is 13.1. The SMILES string of the molecule is CN(C1CCCC1)C1CCN(C(=O)CNC(=O)/C=C/c2ccccc2)CC1. The summed E-state index contributed by atoms with van der Waals surface area (Å²) in [4.78, 5) is 28.7. The van der Waals surface area contributed by atoms with Crippen molar-refractivity contribution in [3.05, 3.63) is 42.0 Å². The van der Waals surface area contributed by atoms with Gasteiger partial charge in [0.05, 0.1) is 6.54 Å². The summed E-state index contributed by atoms with van der Waals surface area (Å²) in [6.45, 7) is 1.65. The first-order valence-electron chi connectivity index (χ1n) is 10.1. The van der Waals surface area contributed by atoms with Gasteiger partial charge in [-0.3, -0.25) is 9.59 Å². The fourth-order valence-corrected chi connectivity index (χ4v) is 4.20. The van der Waals surface area contributed by atoms with Gasteiger partial charge in [0.25, 0.3) is 0 Å². The van der Waals surface area contributed by atoms with E-state index in [0.29, 0.717) is 6.04 Å². The van der Waals surface area contributed by atoms with Crippen LogP contribution in [0.25, 0.3) is 6.08 Å². The third-order valence-corrected chi connectivity index (χ3v) is 5.93. The number of rotatable bonds is 6. The van der Waals surface area contributed by atoms with Crippen LogP contribution in [0.2, 0.25) is 0 Å². The molecule has 2 amide bonds. The van der Waals surface area contributed by atoms with Crippen molar-refractivity contribution >= 4 is 17.9 Å². The maximum Gasteiger partial charge on any atom is 0.244 e. The molecule has 1 N–H and O–H groups in total. The minimum atomic E-state index is -0.233. The molecule has 0 unspecified atom stereocenters. The Bertz CT molecular complexity index is 645. The van der Waals surface area contributed by atoms with Gasteiger partial charge in [-0.25, -0.2) is 0 Å². The van der Waals surface area contributed by atoms with Crippen molar-refractivity contribution in [2.24, 2.45) is 0 Å². The smallest absolute Gasteiger partial charge is 0.244 e. The van der Waals surface area contributed by atoms with Crippen LogP contribution in [0.5, 0.6) is 0 Å². The molecule has 146 valence electrons. The predicted molar refractivity (Wildman–Crippen MR) is 108 cm³/mol. The van der Waals surface area contributed by atoms with Crippen LogP contribution in [0.4, 0.5) is 0 Å². The number of hydrogen-bond donors (Lipinski definition) is 1. The van der Waals surface area contributed by atoms with Crippen LogP contribution in [0.3, 0.4) is 0 Å². The predicted octanol–water partition coefficient (Wildman–Crippen LogP) is 2.68. The van der Waals surface area contributed by atoms with E-state index in [1.54, 1.807) is 6.08 Å². The molecule has 0 bridgehead atoms. The second-order valence-corrected chi connectivity index (χ2v) is 7.68. The number of nitrogens with one attached hydrogen (secondary N) is 1. The van der Waals surface area contributed by atoms with E-state index in [0.717, 1.165) is 37.5 Å². The number of carbonyl (C=O) groups excluding carboxylic acids is 2. The molecule has 0 aromatic heterocycles. The molecule has 5 nitrogen and oxygen atoms in total. The zero-order valence-corrected chi connectivity index (χ0v) is 16.3. The van der Waals surface area contributed by atoms with Crippen LogP contribution in [0.1, 0.15) is 44.1 Å². The third-order valence-electron chi connectivity index (χ3n) is 5.93. The lowest BCUT2D eigenvalue weighted by Crippen LogP contribution is -2.49. The van der Waals surface area contributed by atoms with Gasteiger partial charge in [-0.15, -0.1) is 0 Å². The minimum absolute atomic E-state index is 0.0124. The Morgan fingerprint density at radius 1 is 1.07 bits per heavy atom. The number of piperidine rings is 1. The van der Waals surface area contributed by atoms with E-state index in [9.17, 15) is 9.59 Å². The quantitative estimate of drug-likeness (QED) is 0.785. The van der Waals surface area contributed by atoms with Crippen LogP contribution in [0, 0.1) is 0 Å². The Morgan fingerprint density at radius 3 is 2.37 bits per heavy atom. The van der Waals surface area contributed by atoms with Crippen molar-refractivity contribution in [2.75, 3.05) is 26.7 Å². The Kier molecular flexibility index (Phi) is 7.04. The molecule has 3 rings (SSSR count). The van der Waals surface area contributed by atoms with Crippen molar-refractivity contribution in [3.63, 3.8) is 0 Å². The summed E-state index contributed by atoms with van der Waals surface area (Å²) < 4.78 is 0. The first-order valence-corrected chi connectivity index (χ1v) is 10.1. The standard InChI is InChI=1S/C22H31N3O2/c1-24(19-9-5-6-10-19)20-13-15-25(16-14-20)22(27)17-23-21(26)12-11-18-7-3-2-4-8-18/h2-4,7-8,11-12,19-20H,5-6,9-10,13-17H2,1H3,(H,23,26)/b12-11+. The Morgan fingerprint density at radius 2 is 1.70 bits per heavy atom. The Balaban J connectivity index is 1.38. The third kappa shape index (κ3) is 5.67. The summed E-state index contributed by atoms with van der Waals surface area (Å²) in [5.74, 6) is -0.221. The van der Waals surface area contributed by atoms with Crippen LogP contribution in [-0.4, -0.2) is 60.4 Å². The average molecular weight is 370 g/mol. The van der Waals surface area contributed by atoms with Gasteiger partial charge in [0.1, 0.15) is 0 Å². The van der Waals surface area contributed by atoms with Crippen molar-refractivity contribution in [1.82, 2.24) is 15.1 Å². The maximum atomic E-state index is 12.4. The van der Waals surface area contributed by atoms with Crippen LogP contribution in [0.15, 0.2) is 36.4 Å². The summed E-state index contributed by atoms with van der Waals surface area (Å²) in [5.41, 5.74) is 0.965. The first kappa shape index (κ1) is 19.6. The fourth-order valence-electron chi connectivity index (χ4n) is 4.20. The number of hydrogen-bond acceptors (Lipinski definition) is 3. The Hall–Kier alpha value is -2.14. The molecule has 27 heavy (non-hydrogen) atoms. The number of amides is 2. The second-order valence-electron chi connectivity index (χ2n) is 7.68. The van der Waals surface area contributed by atoms with E-state index in [1.165, 1.54) is 31.8 Å². The lowest BCUT2D eigenvalue weighted by Gasteiger charge is -2.39. The van der Waals surface area contributed by atoms with Gasteiger partial charge in [-0.2, -0.15) is 0 Å². The average Bonchev–Trinajstić information content (AvgIpc) is 3.25. The molecule has 1 aromatic rings. The monoisotopic (exact) mass is 369 g/mol. The molecule has 0 atom stereocenters. The Labute approximate surface area is 162 Å². The molecule has 2 fully saturated rings. The van der Waals surface area contributed by atoms with Crippen molar-refractivity contribution < 1.29 is 9.59 Å². The molecule has 1 saturated carbocycles. The largest absolute Gasteiger partial charge is 0.343 e. The van der Waals surface area contributed by atoms with Gasteiger partial charge in [0.15, 0.2) is 0 Å². The summed E-state index contributed by atoms with van der Waals surface area (Å²) in [6.07, 6.45) is 10.6. The maximum absolute atomic E-state index is 12.4. The molecule has 1 heterocycles. The van der Waals surface area contributed by atoms with Gasteiger partial charge in [-0.05, 0) is 44.4 Å². The normalized spacial score (nSPS) is 19.1. The topological polar surface area (TPSA) is 52.6 Å². The molecule has 1 aliphatic heterocycles. The molecule has 5 heteroatoms. The molecular formula is C22H31N3O2. The van der Waals surface area contributed by atoms with E-state index in [1.807, 2.05) is 35.2 Å². The highest BCUT2D eigenvalue weighted by Crippen LogP contribution is 2.27. The summed E-state index contributed by atoms with van der Waals surface area (Å²) in [5, 5.41) is 2.70. The van der Waals surface area contributed by atoms with E-state index >= 15 is 0 Å². The van der Waals surface area contributed by atoms with Crippen molar-refractivity contribution in [2.45, 2.75) is 50.6 Å². The number of nitrogens with zero attached hydrogens (tertiary/aromatic N) is 2. The van der Waals surface area contributed by atoms with Gasteiger partial charge >= 0.3 is 0 Å². The van der Waals surface area contributed by atoms with Gasteiger partial charge in [0.2, 0.25) is 11.8 Å². The van der Waals surface area contributed by atoms with Crippen molar-refractivity contribution in [1.29, 1.82) is 0 Å². The number of carbonyl (C=O) groups is 2. The summed E-state index contributed by atoms with van der Waals surface area (Å²) >= 11 is 0. The van der Waals surface area contributed by atoms with E-state index in [4.69, 9.17) is 0 Å². The molecule has 1 aromatic carbocycles. The van der Waals surface area contributed by atoms with Crippen LogP contribution >= 0.6 is 0 Å². The molecule has 2 aliphatic rings. The summed E-state index contributed by atoms with van der Waals surface area (Å²) in [7, 11) is 2.25. The van der Waals surface area contributed by atoms with Crippen molar-refractivity contribution in [3.8, 4) is 0 Å². The van der Waals surface area contributed by atoms with Gasteiger partial charge < -0.3 is 15.1 Å². The highest BCUT2D eigenvalue weighted by Gasteiger charge is 2.29. The number of likely N-dealkylation sites (tertiary alicyclic amines) is 1. The molecular weight excluding hydrogens is 338 g/mol. The molecule has 1 aliphatic carbocycles. The summed E-state index contributed by atoms with van der Waals surface area (Å²) in [6, 6.07) is 11.0. The van der Waals surface area contributed by atoms with Gasteiger partial charge in [0, 0.05) is 31.2 Å². The molecule has 0 radical (unpaired) electrons. The second kappa shape index (κ2) is 9.70. The lowest BCUT2D eigenvalue weighted by molar-refractivity contribution is -0.133. The lowest BCUT2D eigenvalue weighted by atomic mass is 10.0. The van der Waals surface area contributed by atoms with Crippen LogP contribution < -0.4 is 5.32 Å². The van der Waals surface area contributed by atoms with E-state index in [2.05, 4.69) is 17.3 Å². The highest BCUT2D eigenvalue weighted by molar-refractivity contribution is 5.94. The van der Waals surface area contributed by atoms with E-state index in [-0.39, 0.29) is 18.4 Å². The van der Waals surface area contributed by atoms with Gasteiger partial charge in [-0.1, -0.05) is 43.2 Å². The zero-order valence-electron chi connectivity index (χ0n) is 16.3. The highest BCUT2D eigenvalue weighted by atomic mass is 16.2.